The van der Waals surface area contributed by atoms with Crippen LogP contribution >= 0.6 is 0 Å². The van der Waals surface area contributed by atoms with Crippen LogP contribution in [0.25, 0.3) is 5.57 Å². The molecule has 4 aliphatic rings. The van der Waals surface area contributed by atoms with E-state index in [1.54, 1.807) is 14.2 Å². The van der Waals surface area contributed by atoms with E-state index in [1.165, 1.54) is 0 Å². The van der Waals surface area contributed by atoms with Crippen molar-refractivity contribution in [1.82, 2.24) is 0 Å². The van der Waals surface area contributed by atoms with Gasteiger partial charge in [-0.25, -0.2) is 0 Å². The summed E-state index contributed by atoms with van der Waals surface area (Å²) in [4.78, 5) is 13.7. The number of benzene rings is 1. The van der Waals surface area contributed by atoms with Crippen molar-refractivity contribution in [2.24, 2.45) is 11.3 Å². The maximum absolute atomic E-state index is 13.7. The van der Waals surface area contributed by atoms with E-state index in [4.69, 9.17) is 18.9 Å². The van der Waals surface area contributed by atoms with Gasteiger partial charge >= 0.3 is 0 Å². The SMILES string of the molecule is COC(C)(C)[C@@H]1OC2(CC[C@@H]3C2=C(c2ccccc2)C(=O)C32CC2)O[C@H]1C(C)(C)OC. The van der Waals surface area contributed by atoms with Crippen molar-refractivity contribution in [3.63, 3.8) is 0 Å². The van der Waals surface area contributed by atoms with Gasteiger partial charge in [0.25, 0.3) is 0 Å². The molecule has 168 valence electrons. The van der Waals surface area contributed by atoms with Crippen molar-refractivity contribution in [2.45, 2.75) is 82.6 Å². The lowest BCUT2D eigenvalue weighted by atomic mass is 9.87. The van der Waals surface area contributed by atoms with E-state index in [1.807, 2.05) is 58.0 Å². The van der Waals surface area contributed by atoms with E-state index >= 15 is 0 Å². The Morgan fingerprint density at radius 1 is 0.903 bits per heavy atom. The summed E-state index contributed by atoms with van der Waals surface area (Å²) >= 11 is 0. The molecule has 1 heterocycles. The van der Waals surface area contributed by atoms with Crippen molar-refractivity contribution in [3.8, 4) is 0 Å². The Bertz CT molecular complexity index is 900. The number of Topliss-reactive ketones (excluding diaryl/α,β-unsaturated/α-hetero) is 1. The molecule has 3 fully saturated rings. The molecule has 1 aromatic rings. The number of hydrogen-bond acceptors (Lipinski definition) is 5. The summed E-state index contributed by atoms with van der Waals surface area (Å²) in [6.45, 7) is 8.11. The second-order valence-corrected chi connectivity index (χ2v) is 10.7. The number of carbonyl (C=O) groups excluding carboxylic acids is 1. The Labute approximate surface area is 185 Å². The molecular formula is C26H34O5. The maximum Gasteiger partial charge on any atom is 0.193 e. The number of rotatable bonds is 5. The van der Waals surface area contributed by atoms with E-state index in [9.17, 15) is 4.79 Å². The first-order chi connectivity index (χ1) is 14.6. The highest BCUT2D eigenvalue weighted by Gasteiger charge is 2.71. The van der Waals surface area contributed by atoms with Crippen molar-refractivity contribution in [3.05, 3.63) is 41.5 Å². The predicted molar refractivity (Wildman–Crippen MR) is 117 cm³/mol. The third-order valence-electron chi connectivity index (χ3n) is 8.32. The smallest absolute Gasteiger partial charge is 0.193 e. The number of allylic oxidation sites excluding steroid dienone is 1. The number of ketones is 1. The molecule has 0 aromatic heterocycles. The van der Waals surface area contributed by atoms with Gasteiger partial charge in [0.1, 0.15) is 12.2 Å². The topological polar surface area (TPSA) is 54.0 Å². The molecule has 5 nitrogen and oxygen atoms in total. The normalized spacial score (nSPS) is 31.2. The van der Waals surface area contributed by atoms with Gasteiger partial charge in [-0.1, -0.05) is 30.3 Å². The molecule has 1 saturated heterocycles. The quantitative estimate of drug-likeness (QED) is 0.692. The Morgan fingerprint density at radius 3 is 1.94 bits per heavy atom. The predicted octanol–water partition coefficient (Wildman–Crippen LogP) is 4.54. The molecule has 3 atom stereocenters. The number of methoxy groups -OCH3 is 2. The van der Waals surface area contributed by atoms with Gasteiger partial charge in [-0.3, -0.25) is 4.79 Å². The van der Waals surface area contributed by atoms with Crippen LogP contribution in [-0.2, 0) is 23.7 Å². The highest BCUT2D eigenvalue weighted by atomic mass is 16.8. The van der Waals surface area contributed by atoms with Crippen LogP contribution in [0.2, 0.25) is 0 Å². The summed E-state index contributed by atoms with van der Waals surface area (Å²) in [6, 6.07) is 10.0. The molecule has 0 N–H and O–H groups in total. The first kappa shape index (κ1) is 21.3. The molecular weight excluding hydrogens is 392 g/mol. The zero-order valence-corrected chi connectivity index (χ0v) is 19.5. The zero-order valence-electron chi connectivity index (χ0n) is 19.5. The minimum absolute atomic E-state index is 0.200. The van der Waals surface area contributed by atoms with Gasteiger partial charge in [0.2, 0.25) is 0 Å². The highest BCUT2D eigenvalue weighted by molar-refractivity contribution is 6.28. The van der Waals surface area contributed by atoms with Crippen LogP contribution in [0.5, 0.6) is 0 Å². The van der Waals surface area contributed by atoms with Crippen LogP contribution in [0.1, 0.15) is 58.9 Å². The number of fused-ring (bicyclic) bond motifs is 3. The summed E-state index contributed by atoms with van der Waals surface area (Å²) in [5.74, 6) is -0.425. The zero-order chi connectivity index (χ0) is 22.2. The van der Waals surface area contributed by atoms with Gasteiger partial charge < -0.3 is 18.9 Å². The Hall–Kier alpha value is -1.53. The van der Waals surface area contributed by atoms with Crippen molar-refractivity contribution >= 4 is 11.4 Å². The lowest BCUT2D eigenvalue weighted by molar-refractivity contribution is -0.170. The van der Waals surface area contributed by atoms with E-state index in [0.717, 1.165) is 42.4 Å². The fourth-order valence-corrected chi connectivity index (χ4v) is 5.98. The lowest BCUT2D eigenvalue weighted by Crippen LogP contribution is -2.53. The summed E-state index contributed by atoms with van der Waals surface area (Å²) in [6.07, 6.45) is 2.93. The second kappa shape index (κ2) is 6.74. The minimum atomic E-state index is -0.904. The first-order valence-corrected chi connectivity index (χ1v) is 11.4. The van der Waals surface area contributed by atoms with Crippen molar-refractivity contribution in [2.75, 3.05) is 14.2 Å². The molecule has 1 aromatic carbocycles. The Morgan fingerprint density at radius 2 is 1.45 bits per heavy atom. The van der Waals surface area contributed by atoms with Crippen LogP contribution < -0.4 is 0 Å². The Balaban J connectivity index is 1.66. The van der Waals surface area contributed by atoms with Crippen LogP contribution in [0.4, 0.5) is 0 Å². The van der Waals surface area contributed by atoms with Crippen LogP contribution in [0.15, 0.2) is 35.9 Å². The van der Waals surface area contributed by atoms with Gasteiger partial charge in [-0.2, -0.15) is 0 Å². The van der Waals surface area contributed by atoms with Crippen LogP contribution in [-0.4, -0.2) is 49.2 Å². The highest BCUT2D eigenvalue weighted by Crippen LogP contribution is 2.70. The standard InChI is InChI=1S/C26H34O5/c1-23(2,28-5)21-22(24(3,4)29-6)31-26(30-21)13-12-17-19(26)18(16-10-8-7-9-11-16)20(27)25(17)14-15-25/h7-11,17,21-22H,12-15H2,1-6H3/t17-,21-,22-/m1/s1. The van der Waals surface area contributed by atoms with Gasteiger partial charge in [0, 0.05) is 37.2 Å². The largest absolute Gasteiger partial charge is 0.376 e. The molecule has 31 heavy (non-hydrogen) atoms. The van der Waals surface area contributed by atoms with E-state index < -0.39 is 17.0 Å². The first-order valence-electron chi connectivity index (χ1n) is 11.4. The second-order valence-electron chi connectivity index (χ2n) is 10.7. The van der Waals surface area contributed by atoms with Gasteiger partial charge in [0.15, 0.2) is 11.6 Å². The fourth-order valence-electron chi connectivity index (χ4n) is 5.98. The molecule has 2 spiro atoms. The summed E-state index contributed by atoms with van der Waals surface area (Å²) in [5, 5.41) is 0. The van der Waals surface area contributed by atoms with Gasteiger partial charge in [0.05, 0.1) is 11.2 Å². The summed E-state index contributed by atoms with van der Waals surface area (Å²) in [5.41, 5.74) is 1.47. The molecule has 0 bridgehead atoms. The molecule has 1 aliphatic heterocycles. The third kappa shape index (κ3) is 2.86. The molecule has 5 heteroatoms. The number of carbonyl (C=O) groups is 1. The summed E-state index contributed by atoms with van der Waals surface area (Å²) < 4.78 is 25.4. The monoisotopic (exact) mass is 426 g/mol. The summed E-state index contributed by atoms with van der Waals surface area (Å²) in [7, 11) is 3.41. The van der Waals surface area contributed by atoms with Crippen LogP contribution in [0.3, 0.4) is 0 Å². The van der Waals surface area contributed by atoms with Crippen molar-refractivity contribution < 1.29 is 23.7 Å². The average molecular weight is 427 g/mol. The van der Waals surface area contributed by atoms with Crippen LogP contribution in [0, 0.1) is 11.3 Å². The molecule has 3 aliphatic carbocycles. The molecule has 2 saturated carbocycles. The number of ether oxygens (including phenoxy) is 4. The minimum Gasteiger partial charge on any atom is -0.376 e. The van der Waals surface area contributed by atoms with E-state index in [-0.39, 0.29) is 29.3 Å². The fraction of sp³-hybridized carbons (Fsp3) is 0.654. The average Bonchev–Trinajstić information content (AvgIpc) is 3.26. The molecule has 0 amide bonds. The molecule has 0 unspecified atom stereocenters. The van der Waals surface area contributed by atoms with E-state index in [0.29, 0.717) is 0 Å². The van der Waals surface area contributed by atoms with E-state index in [2.05, 4.69) is 0 Å². The maximum atomic E-state index is 13.7. The lowest BCUT2D eigenvalue weighted by Gasteiger charge is -2.38. The molecule has 5 rings (SSSR count). The number of hydrogen-bond donors (Lipinski definition) is 0. The third-order valence-corrected chi connectivity index (χ3v) is 8.32. The van der Waals surface area contributed by atoms with Gasteiger partial charge in [-0.05, 0) is 58.4 Å². The van der Waals surface area contributed by atoms with Gasteiger partial charge in [-0.15, -0.1) is 0 Å². The van der Waals surface area contributed by atoms with Crippen molar-refractivity contribution in [1.29, 1.82) is 0 Å². The molecule has 0 radical (unpaired) electrons. The Kier molecular flexibility index (Phi) is 4.63.